The molecule has 1 amide bonds. The summed E-state index contributed by atoms with van der Waals surface area (Å²) in [6.07, 6.45) is -5.20. The number of carbonyl (C=O) groups is 2. The van der Waals surface area contributed by atoms with Crippen molar-refractivity contribution in [3.8, 4) is 0 Å². The van der Waals surface area contributed by atoms with Crippen molar-refractivity contribution in [1.29, 1.82) is 0 Å². The van der Waals surface area contributed by atoms with E-state index in [0.717, 1.165) is 20.5 Å². The van der Waals surface area contributed by atoms with Crippen LogP contribution >= 0.6 is 11.3 Å². The first-order valence-corrected chi connectivity index (χ1v) is 13.2. The number of fused-ring (bicyclic) bond motifs is 1. The molecule has 4 rings (SSSR count). The fourth-order valence-corrected chi connectivity index (χ4v) is 6.01. The van der Waals surface area contributed by atoms with Crippen LogP contribution < -0.4 is 11.2 Å². The number of nitrogens with zero attached hydrogens (tertiary/aromatic N) is 3. The maximum absolute atomic E-state index is 13.6. The van der Waals surface area contributed by atoms with Crippen molar-refractivity contribution in [2.45, 2.75) is 64.9 Å². The van der Waals surface area contributed by atoms with Gasteiger partial charge in [-0.3, -0.25) is 23.5 Å². The smallest absolute Gasteiger partial charge is 0.390 e. The minimum atomic E-state index is -4.55. The molecule has 1 aliphatic rings. The zero-order chi connectivity index (χ0) is 28.5. The van der Waals surface area contributed by atoms with Crippen molar-refractivity contribution >= 4 is 33.4 Å². The second kappa shape index (κ2) is 11.3. The molecule has 1 aromatic carbocycles. The van der Waals surface area contributed by atoms with Crippen molar-refractivity contribution < 1.29 is 31.9 Å². The number of aryl methyl sites for hydroxylation is 3. The fraction of sp³-hybridized carbons (Fsp3) is 0.462. The highest BCUT2D eigenvalue weighted by molar-refractivity contribution is 7.20. The summed E-state index contributed by atoms with van der Waals surface area (Å²) in [4.78, 5) is 53.1. The first kappa shape index (κ1) is 28.5. The molecule has 1 saturated heterocycles. The Morgan fingerprint density at radius 1 is 1.10 bits per heavy atom. The zero-order valence-electron chi connectivity index (χ0n) is 21.3. The lowest BCUT2D eigenvalue weighted by molar-refractivity contribution is -0.148. The second-order valence-electron chi connectivity index (χ2n) is 9.47. The number of aromatic nitrogens is 2. The number of carbonyl (C=O) groups excluding carboxylic acids is 2. The highest BCUT2D eigenvalue weighted by atomic mass is 32.1. The van der Waals surface area contributed by atoms with Gasteiger partial charge in [-0.25, -0.2) is 9.18 Å². The van der Waals surface area contributed by atoms with Crippen molar-refractivity contribution in [2.24, 2.45) is 0 Å². The molecule has 0 bridgehead atoms. The third-order valence-corrected chi connectivity index (χ3v) is 7.99. The first-order valence-electron chi connectivity index (χ1n) is 12.4. The molecule has 210 valence electrons. The number of hydrogen-bond donors (Lipinski definition) is 0. The van der Waals surface area contributed by atoms with E-state index >= 15 is 0 Å². The lowest BCUT2D eigenvalue weighted by Crippen LogP contribution is -2.41. The van der Waals surface area contributed by atoms with Crippen LogP contribution in [0.25, 0.3) is 10.2 Å². The maximum atomic E-state index is 13.6. The van der Waals surface area contributed by atoms with Crippen molar-refractivity contribution in [3.05, 3.63) is 66.9 Å². The van der Waals surface area contributed by atoms with E-state index in [9.17, 15) is 36.7 Å². The molecule has 1 fully saturated rings. The lowest BCUT2D eigenvalue weighted by atomic mass is 10.1. The summed E-state index contributed by atoms with van der Waals surface area (Å²) in [6.45, 7) is 2.54. The Balaban J connectivity index is 1.72. The maximum Gasteiger partial charge on any atom is 0.390 e. The average molecular weight is 570 g/mol. The van der Waals surface area contributed by atoms with Gasteiger partial charge in [0.2, 0.25) is 0 Å². The topological polar surface area (TPSA) is 90.6 Å². The molecule has 0 N–H and O–H groups in total. The predicted molar refractivity (Wildman–Crippen MR) is 137 cm³/mol. The van der Waals surface area contributed by atoms with E-state index in [-0.39, 0.29) is 39.7 Å². The van der Waals surface area contributed by atoms with E-state index in [1.165, 1.54) is 32.0 Å². The Morgan fingerprint density at radius 2 is 1.79 bits per heavy atom. The van der Waals surface area contributed by atoms with Gasteiger partial charge >= 0.3 is 17.8 Å². The van der Waals surface area contributed by atoms with E-state index in [1.54, 1.807) is 11.0 Å². The molecule has 0 aliphatic carbocycles. The third kappa shape index (κ3) is 6.40. The Kier molecular flexibility index (Phi) is 8.28. The number of likely N-dealkylation sites (tertiary alicyclic amines) is 1. The van der Waals surface area contributed by atoms with Crippen LogP contribution in [-0.2, 0) is 29.0 Å². The Hall–Kier alpha value is -3.48. The number of thiophene rings is 1. The molecular weight excluding hydrogens is 542 g/mol. The molecule has 0 saturated carbocycles. The highest BCUT2D eigenvalue weighted by Crippen LogP contribution is 2.31. The third-order valence-electron chi connectivity index (χ3n) is 6.68. The second-order valence-corrected chi connectivity index (χ2v) is 10.5. The summed E-state index contributed by atoms with van der Waals surface area (Å²) in [5.74, 6) is -1.31. The van der Waals surface area contributed by atoms with Gasteiger partial charge in [0.25, 0.3) is 11.5 Å². The van der Waals surface area contributed by atoms with Gasteiger partial charge in [-0.2, -0.15) is 13.2 Å². The van der Waals surface area contributed by atoms with E-state index in [0.29, 0.717) is 31.5 Å². The van der Waals surface area contributed by atoms with Crippen LogP contribution in [-0.4, -0.2) is 51.3 Å². The van der Waals surface area contributed by atoms with Gasteiger partial charge in [0.05, 0.1) is 16.7 Å². The molecule has 0 radical (unpaired) electrons. The minimum Gasteiger partial charge on any atom is -0.462 e. The fourth-order valence-electron chi connectivity index (χ4n) is 4.72. The molecule has 13 heteroatoms. The SMILES string of the molecule is CC(=O)OC1CCN(C(=O)c2sc3c(c2C)c(=O)n(CCc2cccc(F)c2)c(=O)n3CCC(F)(F)F)CC1. The number of hydrogen-bond acceptors (Lipinski definition) is 6. The lowest BCUT2D eigenvalue weighted by Gasteiger charge is -2.31. The Labute approximate surface area is 224 Å². The van der Waals surface area contributed by atoms with E-state index in [2.05, 4.69) is 0 Å². The number of halogens is 4. The van der Waals surface area contributed by atoms with Crippen molar-refractivity contribution in [2.75, 3.05) is 13.1 Å². The summed E-state index contributed by atoms with van der Waals surface area (Å²) < 4.78 is 59.9. The molecule has 8 nitrogen and oxygen atoms in total. The van der Waals surface area contributed by atoms with E-state index in [1.807, 2.05) is 0 Å². The Bertz CT molecular complexity index is 1520. The van der Waals surface area contributed by atoms with Gasteiger partial charge in [-0.15, -0.1) is 11.3 Å². The van der Waals surface area contributed by atoms with Gasteiger partial charge in [0.1, 0.15) is 16.8 Å². The molecule has 0 spiro atoms. The molecule has 0 atom stereocenters. The summed E-state index contributed by atoms with van der Waals surface area (Å²) in [7, 11) is 0. The van der Waals surface area contributed by atoms with Crippen LogP contribution in [0.15, 0.2) is 33.9 Å². The van der Waals surface area contributed by atoms with Crippen LogP contribution in [0, 0.1) is 12.7 Å². The van der Waals surface area contributed by atoms with E-state index < -0.39 is 48.1 Å². The van der Waals surface area contributed by atoms with E-state index in [4.69, 9.17) is 4.74 Å². The summed E-state index contributed by atoms with van der Waals surface area (Å²) in [6, 6.07) is 5.60. The molecular formula is C26H27F4N3O5S. The monoisotopic (exact) mass is 569 g/mol. The van der Waals surface area contributed by atoms with Crippen LogP contribution in [0.1, 0.15) is 47.0 Å². The van der Waals surface area contributed by atoms with Gasteiger partial charge in [0.15, 0.2) is 0 Å². The minimum absolute atomic E-state index is 0.00639. The van der Waals surface area contributed by atoms with Crippen LogP contribution in [0.3, 0.4) is 0 Å². The number of amides is 1. The molecule has 3 heterocycles. The van der Waals surface area contributed by atoms with Crippen molar-refractivity contribution in [3.63, 3.8) is 0 Å². The number of rotatable bonds is 7. The first-order chi connectivity index (χ1) is 18.4. The normalized spacial score (nSPS) is 14.7. The predicted octanol–water partition coefficient (Wildman–Crippen LogP) is 4.04. The van der Waals surface area contributed by atoms with Gasteiger partial charge in [-0.1, -0.05) is 12.1 Å². The van der Waals surface area contributed by atoms with Crippen LogP contribution in [0.2, 0.25) is 0 Å². The summed E-state index contributed by atoms with van der Waals surface area (Å²) >= 11 is 0.824. The molecule has 39 heavy (non-hydrogen) atoms. The molecule has 1 aliphatic heterocycles. The number of esters is 1. The zero-order valence-corrected chi connectivity index (χ0v) is 22.2. The largest absolute Gasteiger partial charge is 0.462 e. The molecule has 2 aromatic heterocycles. The number of ether oxygens (including phenoxy) is 1. The average Bonchev–Trinajstić information content (AvgIpc) is 3.20. The molecule has 0 unspecified atom stereocenters. The van der Waals surface area contributed by atoms with Gasteiger partial charge < -0.3 is 9.64 Å². The quantitative estimate of drug-likeness (QED) is 0.317. The standard InChI is InChI=1S/C26H27F4N3O5S/c1-15-20-22(35)32(12-6-17-4-3-5-18(27)14-17)25(37)33(13-9-26(28,29)30)24(20)39-21(15)23(36)31-10-7-19(8-11-31)38-16(2)34/h3-5,14,19H,6-13H2,1-2H3. The summed E-state index contributed by atoms with van der Waals surface area (Å²) in [5.41, 5.74) is -0.836. The van der Waals surface area contributed by atoms with Crippen molar-refractivity contribution in [1.82, 2.24) is 14.0 Å². The van der Waals surface area contributed by atoms with Gasteiger partial charge in [0, 0.05) is 45.9 Å². The molecule has 3 aromatic rings. The summed E-state index contributed by atoms with van der Waals surface area (Å²) in [5, 5.41) is 0.0131. The highest BCUT2D eigenvalue weighted by Gasteiger charge is 2.31. The Morgan fingerprint density at radius 3 is 2.41 bits per heavy atom. The van der Waals surface area contributed by atoms with Crippen LogP contribution in [0.5, 0.6) is 0 Å². The number of benzene rings is 1. The number of alkyl halides is 3. The van der Waals surface area contributed by atoms with Crippen LogP contribution in [0.4, 0.5) is 17.6 Å². The number of piperidine rings is 1. The van der Waals surface area contributed by atoms with Gasteiger partial charge in [-0.05, 0) is 36.6 Å².